The first kappa shape index (κ1) is 14.5. The summed E-state index contributed by atoms with van der Waals surface area (Å²) in [5.41, 5.74) is 0.353. The van der Waals surface area contributed by atoms with Crippen molar-refractivity contribution in [3.05, 3.63) is 46.1 Å². The predicted octanol–water partition coefficient (Wildman–Crippen LogP) is 1.82. The Labute approximate surface area is 120 Å². The number of aromatic nitrogens is 2. The van der Waals surface area contributed by atoms with E-state index in [1.807, 2.05) is 0 Å². The maximum atomic E-state index is 11.7. The number of aryl methyl sites for hydroxylation is 1. The topological polar surface area (TPSA) is 102 Å². The number of carbonyl (C=O) groups excluding carboxylic acids is 1. The number of nitrogens with one attached hydrogen (secondary N) is 2. The van der Waals surface area contributed by atoms with Gasteiger partial charge in [-0.3, -0.25) is 19.6 Å². The average molecular weight is 289 g/mol. The van der Waals surface area contributed by atoms with Crippen LogP contribution in [0.1, 0.15) is 17.3 Å². The number of nitro groups is 1. The van der Waals surface area contributed by atoms with Crippen molar-refractivity contribution in [2.75, 3.05) is 11.9 Å². The zero-order valence-electron chi connectivity index (χ0n) is 11.7. The minimum atomic E-state index is -0.534. The summed E-state index contributed by atoms with van der Waals surface area (Å²) in [5, 5.41) is 20.7. The molecule has 0 saturated heterocycles. The molecule has 1 aromatic carbocycles. The molecule has 0 aliphatic rings. The zero-order valence-corrected chi connectivity index (χ0v) is 11.7. The highest BCUT2D eigenvalue weighted by molar-refractivity contribution is 5.95. The van der Waals surface area contributed by atoms with E-state index < -0.39 is 4.92 Å². The summed E-state index contributed by atoms with van der Waals surface area (Å²) in [6.07, 6.45) is 1.72. The standard InChI is InChI=1S/C13H15N5O3/c1-3-14-13(19)9-4-5-10(11(8-9)18(20)21)15-12-6-7-17(2)16-12/h4-8H,3H2,1-2H3,(H,14,19)(H,15,16). The van der Waals surface area contributed by atoms with Crippen LogP contribution in [0.15, 0.2) is 30.5 Å². The van der Waals surface area contributed by atoms with Crippen molar-refractivity contribution in [2.45, 2.75) is 6.92 Å². The van der Waals surface area contributed by atoms with Gasteiger partial charge in [0.15, 0.2) is 5.82 Å². The van der Waals surface area contributed by atoms with Crippen LogP contribution in [-0.2, 0) is 7.05 Å². The maximum absolute atomic E-state index is 11.7. The van der Waals surface area contributed by atoms with E-state index in [0.717, 1.165) is 0 Å². The smallest absolute Gasteiger partial charge is 0.293 e. The monoisotopic (exact) mass is 289 g/mol. The second kappa shape index (κ2) is 6.04. The largest absolute Gasteiger partial charge is 0.352 e. The molecule has 0 atom stereocenters. The highest BCUT2D eigenvalue weighted by atomic mass is 16.6. The van der Waals surface area contributed by atoms with Gasteiger partial charge in [0, 0.05) is 37.5 Å². The summed E-state index contributed by atoms with van der Waals surface area (Å²) < 4.78 is 1.58. The lowest BCUT2D eigenvalue weighted by Gasteiger charge is -2.07. The van der Waals surface area contributed by atoms with Crippen molar-refractivity contribution in [1.29, 1.82) is 0 Å². The van der Waals surface area contributed by atoms with Crippen LogP contribution in [0.4, 0.5) is 17.2 Å². The molecule has 0 unspecified atom stereocenters. The molecule has 110 valence electrons. The van der Waals surface area contributed by atoms with Gasteiger partial charge in [0.1, 0.15) is 5.69 Å². The van der Waals surface area contributed by atoms with Crippen LogP contribution in [0, 0.1) is 10.1 Å². The Bertz CT molecular complexity index is 680. The van der Waals surface area contributed by atoms with Gasteiger partial charge in [0.05, 0.1) is 4.92 Å². The molecule has 2 N–H and O–H groups in total. The van der Waals surface area contributed by atoms with Gasteiger partial charge in [0.2, 0.25) is 0 Å². The Hall–Kier alpha value is -2.90. The summed E-state index contributed by atoms with van der Waals surface area (Å²) in [4.78, 5) is 22.3. The summed E-state index contributed by atoms with van der Waals surface area (Å²) in [5.74, 6) is 0.149. The number of benzene rings is 1. The fourth-order valence-corrected chi connectivity index (χ4v) is 1.81. The first-order valence-electron chi connectivity index (χ1n) is 6.34. The number of hydrogen-bond acceptors (Lipinski definition) is 5. The Morgan fingerprint density at radius 1 is 1.43 bits per heavy atom. The van der Waals surface area contributed by atoms with E-state index in [2.05, 4.69) is 15.7 Å². The van der Waals surface area contributed by atoms with Crippen LogP contribution in [0.5, 0.6) is 0 Å². The minimum Gasteiger partial charge on any atom is -0.352 e. The molecule has 1 heterocycles. The highest BCUT2D eigenvalue weighted by Gasteiger charge is 2.18. The third-order valence-corrected chi connectivity index (χ3v) is 2.77. The lowest BCUT2D eigenvalue weighted by atomic mass is 10.1. The van der Waals surface area contributed by atoms with E-state index in [1.165, 1.54) is 18.2 Å². The number of amides is 1. The summed E-state index contributed by atoms with van der Waals surface area (Å²) in [6, 6.07) is 5.97. The molecule has 0 saturated carbocycles. The Morgan fingerprint density at radius 3 is 2.76 bits per heavy atom. The Kier molecular flexibility index (Phi) is 4.17. The second-order valence-corrected chi connectivity index (χ2v) is 4.35. The van der Waals surface area contributed by atoms with Crippen molar-refractivity contribution >= 4 is 23.1 Å². The molecule has 21 heavy (non-hydrogen) atoms. The molecule has 2 aromatic rings. The highest BCUT2D eigenvalue weighted by Crippen LogP contribution is 2.28. The SMILES string of the molecule is CCNC(=O)c1ccc(Nc2ccn(C)n2)c([N+](=O)[O-])c1. The summed E-state index contributed by atoms with van der Waals surface area (Å²) in [7, 11) is 1.75. The first-order chi connectivity index (χ1) is 10.0. The van der Waals surface area contributed by atoms with E-state index in [4.69, 9.17) is 0 Å². The molecule has 0 aliphatic heterocycles. The number of anilines is 2. The molecule has 0 spiro atoms. The molecule has 0 radical (unpaired) electrons. The van der Waals surface area contributed by atoms with Crippen molar-refractivity contribution in [3.63, 3.8) is 0 Å². The van der Waals surface area contributed by atoms with Crippen molar-refractivity contribution in [3.8, 4) is 0 Å². The maximum Gasteiger partial charge on any atom is 0.293 e. The van der Waals surface area contributed by atoms with Gasteiger partial charge < -0.3 is 10.6 Å². The molecule has 2 rings (SSSR count). The lowest BCUT2D eigenvalue weighted by molar-refractivity contribution is -0.383. The van der Waals surface area contributed by atoms with Gasteiger partial charge >= 0.3 is 0 Å². The molecular formula is C13H15N5O3. The summed E-state index contributed by atoms with van der Waals surface area (Å²) in [6.45, 7) is 2.24. The fraction of sp³-hybridized carbons (Fsp3) is 0.231. The Balaban J connectivity index is 2.33. The van der Waals surface area contributed by atoms with E-state index in [-0.39, 0.29) is 22.8 Å². The average Bonchev–Trinajstić information content (AvgIpc) is 2.84. The van der Waals surface area contributed by atoms with Crippen LogP contribution in [0.2, 0.25) is 0 Å². The third kappa shape index (κ3) is 3.35. The second-order valence-electron chi connectivity index (χ2n) is 4.35. The number of nitro benzene ring substituents is 1. The predicted molar refractivity (Wildman–Crippen MR) is 77.6 cm³/mol. The van der Waals surface area contributed by atoms with Crippen LogP contribution in [0.3, 0.4) is 0 Å². The van der Waals surface area contributed by atoms with Crippen LogP contribution >= 0.6 is 0 Å². The van der Waals surface area contributed by atoms with E-state index >= 15 is 0 Å². The molecule has 0 aliphatic carbocycles. The quantitative estimate of drug-likeness (QED) is 0.645. The first-order valence-corrected chi connectivity index (χ1v) is 6.34. The molecule has 1 aromatic heterocycles. The molecular weight excluding hydrogens is 274 g/mol. The van der Waals surface area contributed by atoms with Gasteiger partial charge in [-0.2, -0.15) is 5.10 Å². The van der Waals surface area contributed by atoms with Crippen molar-refractivity contribution < 1.29 is 9.72 Å². The number of carbonyl (C=O) groups is 1. The van der Waals surface area contributed by atoms with Gasteiger partial charge in [0.25, 0.3) is 11.6 Å². The summed E-state index contributed by atoms with van der Waals surface area (Å²) >= 11 is 0. The van der Waals surface area contributed by atoms with Gasteiger partial charge in [-0.15, -0.1) is 0 Å². The van der Waals surface area contributed by atoms with Crippen molar-refractivity contribution in [2.24, 2.45) is 7.05 Å². The van der Waals surface area contributed by atoms with E-state index in [1.54, 1.807) is 30.9 Å². The normalized spacial score (nSPS) is 10.2. The molecule has 1 amide bonds. The van der Waals surface area contributed by atoms with Gasteiger partial charge in [-0.1, -0.05) is 0 Å². The van der Waals surface area contributed by atoms with Crippen LogP contribution in [-0.4, -0.2) is 27.2 Å². The van der Waals surface area contributed by atoms with Crippen molar-refractivity contribution in [1.82, 2.24) is 15.1 Å². The fourth-order valence-electron chi connectivity index (χ4n) is 1.81. The third-order valence-electron chi connectivity index (χ3n) is 2.77. The Morgan fingerprint density at radius 2 is 2.19 bits per heavy atom. The number of nitrogens with zero attached hydrogens (tertiary/aromatic N) is 3. The molecule has 8 heteroatoms. The van der Waals surface area contributed by atoms with Gasteiger partial charge in [-0.05, 0) is 19.1 Å². The lowest BCUT2D eigenvalue weighted by Crippen LogP contribution is -2.22. The molecule has 0 fully saturated rings. The van der Waals surface area contributed by atoms with E-state index in [0.29, 0.717) is 12.4 Å². The molecule has 0 bridgehead atoms. The van der Waals surface area contributed by atoms with Crippen LogP contribution < -0.4 is 10.6 Å². The van der Waals surface area contributed by atoms with Gasteiger partial charge in [-0.25, -0.2) is 0 Å². The molecule has 8 nitrogen and oxygen atoms in total. The van der Waals surface area contributed by atoms with E-state index in [9.17, 15) is 14.9 Å². The van der Waals surface area contributed by atoms with Crippen LogP contribution in [0.25, 0.3) is 0 Å². The number of hydrogen-bond donors (Lipinski definition) is 2. The number of rotatable bonds is 5. The minimum absolute atomic E-state index is 0.176. The zero-order chi connectivity index (χ0) is 15.4.